The number of rotatable bonds is 9. The zero-order valence-corrected chi connectivity index (χ0v) is 24.7. The minimum Gasteiger partial charge on any atom is -0.508 e. The number of fused-ring (bicyclic) bond motifs is 1. The molecule has 0 saturated carbocycles. The second kappa shape index (κ2) is 12.3. The highest BCUT2D eigenvalue weighted by molar-refractivity contribution is 5.87. The second-order valence-electron chi connectivity index (χ2n) is 11.5. The Morgan fingerprint density at radius 3 is 2.36 bits per heavy atom. The normalized spacial score (nSPS) is 15.5. The van der Waals surface area contributed by atoms with Gasteiger partial charge in [-0.2, -0.15) is 0 Å². The molecule has 6 rings (SSSR count). The Balaban J connectivity index is 1.46. The van der Waals surface area contributed by atoms with Crippen molar-refractivity contribution in [2.75, 3.05) is 6.54 Å². The van der Waals surface area contributed by atoms with Crippen LogP contribution in [0.5, 0.6) is 11.5 Å². The van der Waals surface area contributed by atoms with E-state index in [1.807, 2.05) is 82.4 Å². The summed E-state index contributed by atoms with van der Waals surface area (Å²) in [5.41, 5.74) is 5.90. The van der Waals surface area contributed by atoms with Gasteiger partial charge in [-0.05, 0) is 72.3 Å². The topological polar surface area (TPSA) is 74.9 Å². The first-order chi connectivity index (χ1) is 21.6. The van der Waals surface area contributed by atoms with E-state index in [0.717, 1.165) is 34.2 Å². The number of aromatic hydroxyl groups is 1. The summed E-state index contributed by atoms with van der Waals surface area (Å²) in [6.07, 6.45) is -1.51. The summed E-state index contributed by atoms with van der Waals surface area (Å²) < 4.78 is 47.2. The highest BCUT2D eigenvalue weighted by Gasteiger charge is 2.33. The number of hydrogen-bond donors (Lipinski definition) is 2. The standard InChI is InChI=1S/C36H33F3N2O4/c1-23-28(25-11-6-3-7-12-25)14-15-34(45-36(37,38)39)29(23)17-26-21-41(20-24-9-4-2-5-10-24)32-18-27(33(42)19-30(26)32)22-40-16-8-13-31(40)35(43)44/h2-7,9-12,14-15,18-19,21,31,42H,8,13,16-17,20,22H2,1H3,(H,43,44)/t31-/m0/s1. The number of phenols is 1. The molecule has 1 aliphatic rings. The van der Waals surface area contributed by atoms with E-state index in [4.69, 9.17) is 0 Å². The van der Waals surface area contributed by atoms with Crippen molar-refractivity contribution < 1.29 is 32.9 Å². The lowest BCUT2D eigenvalue weighted by Gasteiger charge is -2.21. The van der Waals surface area contributed by atoms with Crippen LogP contribution < -0.4 is 4.74 Å². The van der Waals surface area contributed by atoms with E-state index in [-0.39, 0.29) is 24.5 Å². The first-order valence-corrected chi connectivity index (χ1v) is 14.9. The second-order valence-corrected chi connectivity index (χ2v) is 11.5. The maximum absolute atomic E-state index is 13.6. The maximum Gasteiger partial charge on any atom is 0.573 e. The van der Waals surface area contributed by atoms with Crippen LogP contribution in [0.15, 0.2) is 91.1 Å². The Morgan fingerprint density at radius 1 is 0.956 bits per heavy atom. The average molecular weight is 615 g/mol. The van der Waals surface area contributed by atoms with Crippen molar-refractivity contribution in [2.45, 2.75) is 51.7 Å². The van der Waals surface area contributed by atoms with Gasteiger partial charge < -0.3 is 19.5 Å². The first kappa shape index (κ1) is 30.3. The minimum atomic E-state index is -4.87. The van der Waals surface area contributed by atoms with Crippen molar-refractivity contribution in [2.24, 2.45) is 0 Å². The molecule has 232 valence electrons. The number of halogens is 3. The lowest BCUT2D eigenvalue weighted by atomic mass is 9.92. The van der Waals surface area contributed by atoms with Gasteiger partial charge in [-0.25, -0.2) is 0 Å². The number of carboxylic acid groups (broad SMARTS) is 1. The van der Waals surface area contributed by atoms with E-state index in [2.05, 4.69) is 4.74 Å². The number of likely N-dealkylation sites (tertiary alicyclic amines) is 1. The summed E-state index contributed by atoms with van der Waals surface area (Å²) in [6.45, 7) is 3.18. The van der Waals surface area contributed by atoms with Crippen LogP contribution >= 0.6 is 0 Å². The van der Waals surface area contributed by atoms with Gasteiger partial charge in [0.1, 0.15) is 17.5 Å². The quantitative estimate of drug-likeness (QED) is 0.177. The summed E-state index contributed by atoms with van der Waals surface area (Å²) >= 11 is 0. The number of aromatic nitrogens is 1. The number of hydrogen-bond acceptors (Lipinski definition) is 4. The van der Waals surface area contributed by atoms with E-state index in [0.29, 0.717) is 41.6 Å². The molecule has 0 spiro atoms. The molecule has 5 aromatic rings. The van der Waals surface area contributed by atoms with Gasteiger partial charge >= 0.3 is 12.3 Å². The van der Waals surface area contributed by atoms with Crippen molar-refractivity contribution in [3.8, 4) is 22.6 Å². The van der Waals surface area contributed by atoms with Gasteiger partial charge in [0.15, 0.2) is 0 Å². The smallest absolute Gasteiger partial charge is 0.508 e. The van der Waals surface area contributed by atoms with Crippen LogP contribution in [0.1, 0.15) is 40.7 Å². The Hall–Kier alpha value is -4.76. The third kappa shape index (κ3) is 6.54. The summed E-state index contributed by atoms with van der Waals surface area (Å²) in [5, 5.41) is 21.6. The number of phenolic OH excluding ortho intramolecular Hbond substituents is 1. The molecule has 1 fully saturated rings. The molecule has 0 bridgehead atoms. The fraction of sp³-hybridized carbons (Fsp3) is 0.250. The van der Waals surface area contributed by atoms with E-state index >= 15 is 0 Å². The average Bonchev–Trinajstić information content (AvgIpc) is 3.60. The molecule has 0 radical (unpaired) electrons. The fourth-order valence-electron chi connectivity index (χ4n) is 6.43. The molecule has 1 aliphatic heterocycles. The third-order valence-electron chi connectivity index (χ3n) is 8.62. The van der Waals surface area contributed by atoms with Gasteiger partial charge in [0.2, 0.25) is 0 Å². The zero-order chi connectivity index (χ0) is 31.7. The highest BCUT2D eigenvalue weighted by Crippen LogP contribution is 2.39. The monoisotopic (exact) mass is 614 g/mol. The Morgan fingerprint density at radius 2 is 1.67 bits per heavy atom. The summed E-state index contributed by atoms with van der Waals surface area (Å²) in [5.74, 6) is -1.13. The van der Waals surface area contributed by atoms with Crippen LogP contribution in [0.25, 0.3) is 22.0 Å². The fourth-order valence-corrected chi connectivity index (χ4v) is 6.43. The highest BCUT2D eigenvalue weighted by atomic mass is 19.4. The van der Waals surface area contributed by atoms with Gasteiger partial charge in [-0.15, -0.1) is 13.2 Å². The molecule has 6 nitrogen and oxygen atoms in total. The number of aliphatic carboxylic acids is 1. The largest absolute Gasteiger partial charge is 0.573 e. The molecule has 0 aliphatic carbocycles. The number of nitrogens with zero attached hydrogens (tertiary/aromatic N) is 2. The van der Waals surface area contributed by atoms with Crippen molar-refractivity contribution in [3.05, 3.63) is 119 Å². The van der Waals surface area contributed by atoms with Gasteiger partial charge in [-0.3, -0.25) is 9.69 Å². The molecular weight excluding hydrogens is 581 g/mol. The predicted molar refractivity (Wildman–Crippen MR) is 166 cm³/mol. The Labute approximate surface area is 258 Å². The van der Waals surface area contributed by atoms with Crippen molar-refractivity contribution >= 4 is 16.9 Å². The number of carboxylic acids is 1. The van der Waals surface area contributed by atoms with Gasteiger partial charge in [0, 0.05) is 47.7 Å². The number of carbonyl (C=O) groups is 1. The zero-order valence-electron chi connectivity index (χ0n) is 24.7. The third-order valence-corrected chi connectivity index (χ3v) is 8.62. The van der Waals surface area contributed by atoms with E-state index in [1.54, 1.807) is 19.1 Å². The lowest BCUT2D eigenvalue weighted by molar-refractivity contribution is -0.274. The van der Waals surface area contributed by atoms with Crippen molar-refractivity contribution in [1.82, 2.24) is 9.47 Å². The number of benzene rings is 4. The molecule has 2 heterocycles. The van der Waals surface area contributed by atoms with Crippen molar-refractivity contribution in [1.29, 1.82) is 0 Å². The van der Waals surface area contributed by atoms with Crippen LogP contribution in [-0.4, -0.2) is 44.6 Å². The molecule has 0 unspecified atom stereocenters. The lowest BCUT2D eigenvalue weighted by Crippen LogP contribution is -2.35. The van der Waals surface area contributed by atoms with Crippen LogP contribution in [0.4, 0.5) is 13.2 Å². The molecule has 4 aromatic carbocycles. The van der Waals surface area contributed by atoms with Gasteiger partial charge in [0.05, 0.1) is 0 Å². The summed E-state index contributed by atoms with van der Waals surface area (Å²) in [7, 11) is 0. The predicted octanol–water partition coefficient (Wildman–Crippen LogP) is 7.91. The Bertz CT molecular complexity index is 1830. The van der Waals surface area contributed by atoms with Gasteiger partial charge in [0.25, 0.3) is 0 Å². The maximum atomic E-state index is 13.6. The van der Waals surface area contributed by atoms with Crippen LogP contribution in [0, 0.1) is 6.92 Å². The van der Waals surface area contributed by atoms with E-state index in [1.165, 1.54) is 6.07 Å². The number of ether oxygens (including phenoxy) is 1. The molecule has 0 amide bonds. The van der Waals surface area contributed by atoms with E-state index in [9.17, 15) is 28.2 Å². The molecule has 1 atom stereocenters. The minimum absolute atomic E-state index is 0.0128. The molecule has 45 heavy (non-hydrogen) atoms. The Kier molecular flexibility index (Phi) is 8.29. The van der Waals surface area contributed by atoms with Crippen molar-refractivity contribution in [3.63, 3.8) is 0 Å². The van der Waals surface area contributed by atoms with Crippen LogP contribution in [0.2, 0.25) is 0 Å². The van der Waals surface area contributed by atoms with Crippen LogP contribution in [-0.2, 0) is 24.3 Å². The molecule has 9 heteroatoms. The first-order valence-electron chi connectivity index (χ1n) is 14.9. The summed E-state index contributed by atoms with van der Waals surface area (Å²) in [6, 6.07) is 25.2. The molecule has 2 N–H and O–H groups in total. The summed E-state index contributed by atoms with van der Waals surface area (Å²) in [4.78, 5) is 13.7. The number of alkyl halides is 3. The molecule has 1 saturated heterocycles. The SMILES string of the molecule is Cc1c(-c2ccccc2)ccc(OC(F)(F)F)c1Cc1cn(Cc2ccccc2)c2cc(CN3CCC[C@H]3C(=O)O)c(O)cc12. The van der Waals surface area contributed by atoms with Crippen LogP contribution in [0.3, 0.4) is 0 Å². The van der Waals surface area contributed by atoms with Gasteiger partial charge in [-0.1, -0.05) is 66.7 Å². The molecular formula is C36H33F3N2O4. The molecule has 1 aromatic heterocycles. The van der Waals surface area contributed by atoms with E-state index < -0.39 is 18.4 Å².